The van der Waals surface area contributed by atoms with Crippen LogP contribution in [0.15, 0.2) is 146 Å². The molecule has 0 aliphatic rings. The highest BCUT2D eigenvalue weighted by atomic mass is 14.8. The quantitative estimate of drug-likeness (QED) is 0.232. The molecule has 0 aliphatic carbocycles. The molecule has 0 radical (unpaired) electrons. The van der Waals surface area contributed by atoms with Gasteiger partial charge in [-0.2, -0.15) is 0 Å². The second-order valence-corrected chi connectivity index (χ2v) is 9.56. The molecule has 4 nitrogen and oxygen atoms in total. The molecule has 0 spiro atoms. The summed E-state index contributed by atoms with van der Waals surface area (Å²) in [6.45, 7) is 0. The summed E-state index contributed by atoms with van der Waals surface area (Å²) in [5.41, 5.74) is 7.65. The lowest BCUT2D eigenvalue weighted by Crippen LogP contribution is -1.89. The zero-order valence-corrected chi connectivity index (χ0v) is 21.6. The van der Waals surface area contributed by atoms with Crippen LogP contribution in [-0.4, -0.2) is 19.9 Å². The first kappa shape index (κ1) is 23.6. The Kier molecular flexibility index (Phi) is 6.11. The van der Waals surface area contributed by atoms with E-state index in [1.807, 2.05) is 97.1 Å². The number of fused-ring (bicyclic) bond motifs is 4. The molecule has 0 saturated carbocycles. The average Bonchev–Trinajstić information content (AvgIpc) is 3.04. The smallest absolute Gasteiger partial charge is 0.0894 e. The molecule has 4 heterocycles. The fraction of sp³-hybridized carbons (Fsp3) is 0. The Bertz CT molecular complexity index is 1830. The van der Waals surface area contributed by atoms with Gasteiger partial charge in [-0.05, 0) is 48.5 Å². The van der Waals surface area contributed by atoms with Crippen LogP contribution in [0, 0.1) is 0 Å². The summed E-state index contributed by atoms with van der Waals surface area (Å²) < 4.78 is 0. The predicted octanol–water partition coefficient (Wildman–Crippen LogP) is 8.90. The molecule has 40 heavy (non-hydrogen) atoms. The van der Waals surface area contributed by atoms with Crippen LogP contribution in [0.4, 0.5) is 0 Å². The maximum Gasteiger partial charge on any atom is 0.0894 e. The molecule has 0 aliphatic heterocycles. The summed E-state index contributed by atoms with van der Waals surface area (Å²) in [6.07, 6.45) is 0. The molecule has 0 atom stereocenters. The van der Waals surface area contributed by atoms with E-state index in [2.05, 4.69) is 68.5 Å². The van der Waals surface area contributed by atoms with Gasteiger partial charge >= 0.3 is 0 Å². The molecule has 8 aromatic rings. The molecule has 0 saturated heterocycles. The Labute approximate surface area is 231 Å². The lowest BCUT2D eigenvalue weighted by molar-refractivity contribution is 1.32. The summed E-state index contributed by atoms with van der Waals surface area (Å²) in [5, 5.41) is 4.60. The van der Waals surface area contributed by atoms with E-state index in [1.165, 1.54) is 0 Å². The summed E-state index contributed by atoms with van der Waals surface area (Å²) >= 11 is 0. The van der Waals surface area contributed by atoms with Crippen LogP contribution in [-0.2, 0) is 0 Å². The minimum absolute atomic E-state index is 0.912. The zero-order valence-electron chi connectivity index (χ0n) is 21.6. The van der Waals surface area contributed by atoms with Gasteiger partial charge in [-0.25, -0.2) is 19.9 Å². The summed E-state index contributed by atoms with van der Waals surface area (Å²) in [5.74, 6) is 0. The van der Waals surface area contributed by atoms with Crippen molar-refractivity contribution in [3.05, 3.63) is 146 Å². The maximum atomic E-state index is 4.69. The van der Waals surface area contributed by atoms with Gasteiger partial charge in [0.15, 0.2) is 0 Å². The number of aromatic nitrogens is 4. The van der Waals surface area contributed by atoms with E-state index < -0.39 is 0 Å². The molecule has 4 aromatic heterocycles. The van der Waals surface area contributed by atoms with Gasteiger partial charge in [0.2, 0.25) is 0 Å². The van der Waals surface area contributed by atoms with Gasteiger partial charge in [-0.1, -0.05) is 97.1 Å². The van der Waals surface area contributed by atoms with Gasteiger partial charge in [0, 0.05) is 21.5 Å². The fourth-order valence-electron chi connectivity index (χ4n) is 4.83. The fourth-order valence-corrected chi connectivity index (χ4v) is 4.83. The van der Waals surface area contributed by atoms with E-state index in [9.17, 15) is 0 Å². The molecule has 4 heteroatoms. The Hall–Kier alpha value is -5.48. The standard InChI is InChI=1S/2C18H12N2/c2*1-3-7-15-13(5-1)9-11-17(19-15)18-12-10-14-6-2-4-8-16(14)20-18/h2*1-12H. The van der Waals surface area contributed by atoms with E-state index >= 15 is 0 Å². The Balaban J connectivity index is 0.000000132. The van der Waals surface area contributed by atoms with Crippen LogP contribution >= 0.6 is 0 Å². The topological polar surface area (TPSA) is 51.6 Å². The molecule has 0 bridgehead atoms. The molecular formula is C36H24N4. The van der Waals surface area contributed by atoms with Crippen LogP contribution in [0.3, 0.4) is 0 Å². The van der Waals surface area contributed by atoms with Crippen LogP contribution in [0.2, 0.25) is 0 Å². The Morgan fingerprint density at radius 1 is 0.225 bits per heavy atom. The summed E-state index contributed by atoms with van der Waals surface area (Å²) in [7, 11) is 0. The molecule has 0 unspecified atom stereocenters. The van der Waals surface area contributed by atoms with E-state index in [-0.39, 0.29) is 0 Å². The number of para-hydroxylation sites is 4. The van der Waals surface area contributed by atoms with Crippen LogP contribution in [0.1, 0.15) is 0 Å². The summed E-state index contributed by atoms with van der Waals surface area (Å²) in [6, 6.07) is 49.0. The van der Waals surface area contributed by atoms with Crippen molar-refractivity contribution in [1.29, 1.82) is 0 Å². The molecule has 8 rings (SSSR count). The Morgan fingerprint density at radius 3 is 0.700 bits per heavy atom. The van der Waals surface area contributed by atoms with Gasteiger partial charge in [0.25, 0.3) is 0 Å². The lowest BCUT2D eigenvalue weighted by atomic mass is 10.1. The highest BCUT2D eigenvalue weighted by Crippen LogP contribution is 2.23. The molecule has 0 N–H and O–H groups in total. The van der Waals surface area contributed by atoms with Crippen molar-refractivity contribution in [2.75, 3.05) is 0 Å². The monoisotopic (exact) mass is 512 g/mol. The highest BCUT2D eigenvalue weighted by Gasteiger charge is 2.05. The summed E-state index contributed by atoms with van der Waals surface area (Å²) in [4.78, 5) is 18.8. The maximum absolute atomic E-state index is 4.69. The molecule has 0 fully saturated rings. The highest BCUT2D eigenvalue weighted by molar-refractivity contribution is 5.85. The number of nitrogens with zero attached hydrogens (tertiary/aromatic N) is 4. The van der Waals surface area contributed by atoms with E-state index in [0.29, 0.717) is 0 Å². The lowest BCUT2D eigenvalue weighted by Gasteiger charge is -2.04. The molecule has 188 valence electrons. The normalized spacial score (nSPS) is 11.0. The zero-order chi connectivity index (χ0) is 26.7. The van der Waals surface area contributed by atoms with E-state index in [4.69, 9.17) is 0 Å². The molecule has 4 aromatic carbocycles. The minimum atomic E-state index is 0.912. The van der Waals surface area contributed by atoms with E-state index in [1.54, 1.807) is 0 Å². The van der Waals surface area contributed by atoms with Crippen molar-refractivity contribution in [2.24, 2.45) is 0 Å². The van der Waals surface area contributed by atoms with Crippen molar-refractivity contribution >= 4 is 43.6 Å². The third-order valence-electron chi connectivity index (χ3n) is 6.92. The molecular weight excluding hydrogens is 488 g/mol. The first-order valence-electron chi connectivity index (χ1n) is 13.2. The second kappa shape index (κ2) is 10.4. The van der Waals surface area contributed by atoms with Crippen LogP contribution < -0.4 is 0 Å². The Morgan fingerprint density at radius 2 is 0.450 bits per heavy atom. The number of rotatable bonds is 2. The minimum Gasteiger partial charge on any atom is -0.246 e. The van der Waals surface area contributed by atoms with Gasteiger partial charge in [-0.3, -0.25) is 0 Å². The van der Waals surface area contributed by atoms with Crippen molar-refractivity contribution in [2.45, 2.75) is 0 Å². The van der Waals surface area contributed by atoms with Crippen molar-refractivity contribution in [3.63, 3.8) is 0 Å². The molecule has 0 amide bonds. The first-order chi connectivity index (χ1) is 19.8. The van der Waals surface area contributed by atoms with Crippen LogP contribution in [0.25, 0.3) is 66.4 Å². The van der Waals surface area contributed by atoms with Crippen molar-refractivity contribution in [3.8, 4) is 22.8 Å². The van der Waals surface area contributed by atoms with E-state index in [0.717, 1.165) is 66.4 Å². The number of pyridine rings is 4. The first-order valence-corrected chi connectivity index (χ1v) is 13.2. The number of hydrogen-bond donors (Lipinski definition) is 0. The van der Waals surface area contributed by atoms with Gasteiger partial charge in [0.05, 0.1) is 44.8 Å². The van der Waals surface area contributed by atoms with Crippen molar-refractivity contribution in [1.82, 2.24) is 19.9 Å². The average molecular weight is 513 g/mol. The largest absolute Gasteiger partial charge is 0.246 e. The second-order valence-electron chi connectivity index (χ2n) is 9.56. The van der Waals surface area contributed by atoms with Gasteiger partial charge in [0.1, 0.15) is 0 Å². The third-order valence-corrected chi connectivity index (χ3v) is 6.92. The van der Waals surface area contributed by atoms with Crippen molar-refractivity contribution < 1.29 is 0 Å². The van der Waals surface area contributed by atoms with Gasteiger partial charge < -0.3 is 0 Å². The predicted molar refractivity (Wildman–Crippen MR) is 165 cm³/mol. The number of benzene rings is 4. The SMILES string of the molecule is c1ccc2nc(-c3ccc4ccccc4n3)ccc2c1.c1ccc2nc(-c3ccc4ccccc4n3)ccc2c1. The van der Waals surface area contributed by atoms with Crippen LogP contribution in [0.5, 0.6) is 0 Å². The van der Waals surface area contributed by atoms with Gasteiger partial charge in [-0.15, -0.1) is 0 Å². The number of hydrogen-bond acceptors (Lipinski definition) is 4. The third kappa shape index (κ3) is 4.74.